The van der Waals surface area contributed by atoms with Crippen LogP contribution in [-0.2, 0) is 22.6 Å². The van der Waals surface area contributed by atoms with E-state index in [4.69, 9.17) is 4.74 Å². The number of pyridine rings is 2. The third-order valence-corrected chi connectivity index (χ3v) is 5.83. The summed E-state index contributed by atoms with van der Waals surface area (Å²) in [7, 11) is -3.64. The SMILES string of the molecule is CS(=O)(=O)c1cncc(Oc2nc(NCc3ccc(-c4ccccn4)cc3)ncc2C(F)(F)F)c1. The van der Waals surface area contributed by atoms with Crippen LogP contribution >= 0.6 is 0 Å². The van der Waals surface area contributed by atoms with Crippen molar-refractivity contribution in [1.29, 1.82) is 0 Å². The molecule has 35 heavy (non-hydrogen) atoms. The molecule has 0 spiro atoms. The van der Waals surface area contributed by atoms with E-state index in [-0.39, 0.29) is 23.1 Å². The van der Waals surface area contributed by atoms with Gasteiger partial charge in [-0.15, -0.1) is 0 Å². The van der Waals surface area contributed by atoms with E-state index in [1.54, 1.807) is 6.20 Å². The third-order valence-electron chi connectivity index (χ3n) is 4.76. The lowest BCUT2D eigenvalue weighted by Gasteiger charge is -2.14. The first-order valence-corrected chi connectivity index (χ1v) is 12.0. The van der Waals surface area contributed by atoms with Crippen molar-refractivity contribution in [2.45, 2.75) is 17.6 Å². The van der Waals surface area contributed by atoms with Gasteiger partial charge in [0, 0.05) is 43.0 Å². The number of benzene rings is 1. The van der Waals surface area contributed by atoms with Crippen molar-refractivity contribution in [3.05, 3.63) is 84.4 Å². The van der Waals surface area contributed by atoms with E-state index in [1.165, 1.54) is 0 Å². The highest BCUT2D eigenvalue weighted by atomic mass is 32.2. The Balaban J connectivity index is 1.54. The van der Waals surface area contributed by atoms with Crippen molar-refractivity contribution in [1.82, 2.24) is 19.9 Å². The van der Waals surface area contributed by atoms with Crippen LogP contribution < -0.4 is 10.1 Å². The fraction of sp³-hybridized carbons (Fsp3) is 0.130. The number of nitrogens with zero attached hydrogens (tertiary/aromatic N) is 4. The highest BCUT2D eigenvalue weighted by Crippen LogP contribution is 2.37. The van der Waals surface area contributed by atoms with E-state index in [2.05, 4.69) is 25.3 Å². The van der Waals surface area contributed by atoms with Crippen LogP contribution in [-0.4, -0.2) is 34.6 Å². The molecule has 0 aliphatic rings. The van der Waals surface area contributed by atoms with Crippen molar-refractivity contribution in [2.24, 2.45) is 0 Å². The molecule has 0 radical (unpaired) electrons. The summed E-state index contributed by atoms with van der Waals surface area (Å²) in [4.78, 5) is 15.4. The van der Waals surface area contributed by atoms with E-state index >= 15 is 0 Å². The van der Waals surface area contributed by atoms with E-state index in [1.807, 2.05) is 42.5 Å². The van der Waals surface area contributed by atoms with Crippen LogP contribution in [0.25, 0.3) is 11.3 Å². The zero-order valence-electron chi connectivity index (χ0n) is 18.2. The second kappa shape index (κ2) is 9.66. The summed E-state index contributed by atoms with van der Waals surface area (Å²) in [5.41, 5.74) is 1.35. The molecule has 0 fully saturated rings. The van der Waals surface area contributed by atoms with Gasteiger partial charge in [0.2, 0.25) is 11.8 Å². The van der Waals surface area contributed by atoms with Gasteiger partial charge in [0.1, 0.15) is 11.3 Å². The molecule has 4 aromatic rings. The summed E-state index contributed by atoms with van der Waals surface area (Å²) < 4.78 is 69.2. The van der Waals surface area contributed by atoms with Crippen LogP contribution in [0.4, 0.5) is 19.1 Å². The van der Waals surface area contributed by atoms with Gasteiger partial charge in [-0.1, -0.05) is 30.3 Å². The number of halogens is 3. The molecule has 0 saturated heterocycles. The van der Waals surface area contributed by atoms with Gasteiger partial charge in [0.15, 0.2) is 9.84 Å². The Morgan fingerprint density at radius 2 is 1.77 bits per heavy atom. The maximum absolute atomic E-state index is 13.5. The average molecular weight is 501 g/mol. The largest absolute Gasteiger partial charge is 0.437 e. The molecule has 8 nitrogen and oxygen atoms in total. The zero-order chi connectivity index (χ0) is 25.1. The molecule has 1 N–H and O–H groups in total. The van der Waals surface area contributed by atoms with Gasteiger partial charge < -0.3 is 10.1 Å². The highest BCUT2D eigenvalue weighted by Gasteiger charge is 2.36. The predicted molar refractivity (Wildman–Crippen MR) is 121 cm³/mol. The third kappa shape index (κ3) is 6.09. The summed E-state index contributed by atoms with van der Waals surface area (Å²) in [5.74, 6) is -1.10. The Bertz CT molecular complexity index is 1430. The van der Waals surface area contributed by atoms with E-state index in [9.17, 15) is 21.6 Å². The van der Waals surface area contributed by atoms with Gasteiger partial charge in [-0.2, -0.15) is 18.2 Å². The smallest absolute Gasteiger partial charge is 0.423 e. The van der Waals surface area contributed by atoms with Crippen molar-refractivity contribution < 1.29 is 26.3 Å². The van der Waals surface area contributed by atoms with Crippen molar-refractivity contribution in [2.75, 3.05) is 11.6 Å². The summed E-state index contributed by atoms with van der Waals surface area (Å²) in [5, 5.41) is 2.86. The Kier molecular flexibility index (Phi) is 6.65. The number of nitrogens with one attached hydrogen (secondary N) is 1. The number of anilines is 1. The normalized spacial score (nSPS) is 11.8. The first kappa shape index (κ1) is 24.1. The summed E-state index contributed by atoms with van der Waals surface area (Å²) in [6, 6.07) is 14.1. The van der Waals surface area contributed by atoms with Crippen LogP contribution in [0.2, 0.25) is 0 Å². The predicted octanol–water partition coefficient (Wildman–Crippen LogP) is 4.76. The van der Waals surface area contributed by atoms with Crippen LogP contribution in [0.5, 0.6) is 11.6 Å². The molecule has 180 valence electrons. The van der Waals surface area contributed by atoms with Gasteiger partial charge in [-0.25, -0.2) is 13.4 Å². The van der Waals surface area contributed by atoms with Crippen LogP contribution in [0.3, 0.4) is 0 Å². The number of rotatable bonds is 7. The number of hydrogen-bond donors (Lipinski definition) is 1. The fourth-order valence-electron chi connectivity index (χ4n) is 3.00. The lowest BCUT2D eigenvalue weighted by molar-refractivity contribution is -0.139. The van der Waals surface area contributed by atoms with Crippen molar-refractivity contribution >= 4 is 15.8 Å². The first-order chi connectivity index (χ1) is 16.6. The maximum atomic E-state index is 13.5. The minimum atomic E-state index is -4.79. The molecule has 0 aliphatic heterocycles. The standard InChI is InChI=1S/C23H18F3N5O3S/c1-35(32,33)18-10-17(12-27-13-18)34-21-19(23(24,25)26)14-30-22(31-21)29-11-15-5-7-16(8-6-15)20-4-2-3-9-28-20/h2-10,12-14H,11H2,1H3,(H,29,30,31). The van der Waals surface area contributed by atoms with Gasteiger partial charge in [0.25, 0.3) is 0 Å². The molecule has 0 atom stereocenters. The Morgan fingerprint density at radius 3 is 2.43 bits per heavy atom. The fourth-order valence-corrected chi connectivity index (χ4v) is 3.58. The molecule has 0 bridgehead atoms. The molecule has 0 aliphatic carbocycles. The van der Waals surface area contributed by atoms with Crippen LogP contribution in [0.15, 0.2) is 78.2 Å². The molecule has 0 saturated carbocycles. The van der Waals surface area contributed by atoms with Gasteiger partial charge in [-0.3, -0.25) is 9.97 Å². The second-order valence-corrected chi connectivity index (χ2v) is 9.42. The molecule has 3 heterocycles. The van der Waals surface area contributed by atoms with Crippen LogP contribution in [0, 0.1) is 0 Å². The van der Waals surface area contributed by atoms with Crippen LogP contribution in [0.1, 0.15) is 11.1 Å². The topological polar surface area (TPSA) is 107 Å². The maximum Gasteiger partial charge on any atom is 0.423 e. The Morgan fingerprint density at radius 1 is 1.00 bits per heavy atom. The molecule has 0 unspecified atom stereocenters. The number of ether oxygens (including phenoxy) is 1. The lowest BCUT2D eigenvalue weighted by Crippen LogP contribution is -2.12. The summed E-state index contributed by atoms with van der Waals surface area (Å²) in [6.45, 7) is 0.235. The number of hydrogen-bond acceptors (Lipinski definition) is 8. The minimum absolute atomic E-state index is 0.103. The Hall–Kier alpha value is -4.06. The van der Waals surface area contributed by atoms with Crippen molar-refractivity contribution in [3.8, 4) is 22.9 Å². The van der Waals surface area contributed by atoms with E-state index in [0.29, 0.717) is 6.20 Å². The lowest BCUT2D eigenvalue weighted by atomic mass is 10.1. The molecular formula is C23H18F3N5O3S. The molecule has 1 aromatic carbocycles. The number of sulfone groups is 1. The number of aromatic nitrogens is 4. The van der Waals surface area contributed by atoms with Gasteiger partial charge in [0.05, 0.1) is 16.8 Å². The van der Waals surface area contributed by atoms with Gasteiger partial charge >= 0.3 is 6.18 Å². The quantitative estimate of drug-likeness (QED) is 0.386. The average Bonchev–Trinajstić information content (AvgIpc) is 2.83. The number of alkyl halides is 3. The minimum Gasteiger partial charge on any atom is -0.437 e. The first-order valence-electron chi connectivity index (χ1n) is 10.1. The second-order valence-electron chi connectivity index (χ2n) is 7.41. The molecule has 12 heteroatoms. The highest BCUT2D eigenvalue weighted by molar-refractivity contribution is 7.90. The zero-order valence-corrected chi connectivity index (χ0v) is 19.0. The van der Waals surface area contributed by atoms with Crippen molar-refractivity contribution in [3.63, 3.8) is 0 Å². The van der Waals surface area contributed by atoms with E-state index in [0.717, 1.165) is 41.5 Å². The molecular weight excluding hydrogens is 483 g/mol. The molecule has 0 amide bonds. The molecule has 4 rings (SSSR count). The monoisotopic (exact) mass is 501 g/mol. The summed E-state index contributed by atoms with van der Waals surface area (Å²) in [6.07, 6.45) is 0.607. The Labute approximate surface area is 198 Å². The molecule has 3 aromatic heterocycles. The van der Waals surface area contributed by atoms with Gasteiger partial charge in [-0.05, 0) is 17.7 Å². The summed E-state index contributed by atoms with van der Waals surface area (Å²) >= 11 is 0. The van der Waals surface area contributed by atoms with E-state index < -0.39 is 27.5 Å².